The number of aromatic nitrogens is 3. The van der Waals surface area contributed by atoms with Crippen LogP contribution in [0.5, 0.6) is 0 Å². The van der Waals surface area contributed by atoms with E-state index in [2.05, 4.69) is 19.4 Å². The summed E-state index contributed by atoms with van der Waals surface area (Å²) in [4.78, 5) is 12.4. The summed E-state index contributed by atoms with van der Waals surface area (Å²) in [5.41, 5.74) is 2.93. The van der Waals surface area contributed by atoms with E-state index in [9.17, 15) is 0 Å². The van der Waals surface area contributed by atoms with Crippen LogP contribution in [0.3, 0.4) is 0 Å². The van der Waals surface area contributed by atoms with Gasteiger partial charge >= 0.3 is 0 Å². The normalized spacial score (nSPS) is 20.8. The fourth-order valence-electron chi connectivity index (χ4n) is 2.48. The summed E-state index contributed by atoms with van der Waals surface area (Å²) in [5, 5.41) is 0. The number of imidazole rings is 1. The molecule has 1 aliphatic heterocycles. The van der Waals surface area contributed by atoms with Gasteiger partial charge in [-0.1, -0.05) is 0 Å². The van der Waals surface area contributed by atoms with Gasteiger partial charge in [-0.25, -0.2) is 4.98 Å². The molecule has 0 N–H and O–H groups in total. The van der Waals surface area contributed by atoms with Crippen LogP contribution in [0.15, 0.2) is 17.9 Å². The fraction of sp³-hybridized carbons (Fsp3) is 0.538. The lowest BCUT2D eigenvalue weighted by atomic mass is 10.2. The maximum atomic E-state index is 5.87. The van der Waals surface area contributed by atoms with Crippen molar-refractivity contribution >= 4 is 11.3 Å². The van der Waals surface area contributed by atoms with Gasteiger partial charge in [0.2, 0.25) is 0 Å². The summed E-state index contributed by atoms with van der Waals surface area (Å²) >= 11 is 1.71. The number of nitrogens with zero attached hydrogens (tertiary/aromatic N) is 4. The lowest BCUT2D eigenvalue weighted by Gasteiger charge is -2.32. The largest absolute Gasteiger partial charge is 0.368 e. The summed E-state index contributed by atoms with van der Waals surface area (Å²) in [5.74, 6) is 1.02. The minimum absolute atomic E-state index is 0.0698. The Morgan fingerprint density at radius 2 is 2.42 bits per heavy atom. The zero-order chi connectivity index (χ0) is 13.2. The Morgan fingerprint density at radius 3 is 3.11 bits per heavy atom. The molecule has 1 unspecified atom stereocenters. The Kier molecular flexibility index (Phi) is 3.63. The van der Waals surface area contributed by atoms with Crippen LogP contribution in [-0.2, 0) is 18.3 Å². The van der Waals surface area contributed by atoms with Crippen LogP contribution >= 0.6 is 11.3 Å². The molecule has 102 valence electrons. The van der Waals surface area contributed by atoms with E-state index in [1.165, 1.54) is 4.88 Å². The van der Waals surface area contributed by atoms with Gasteiger partial charge in [0, 0.05) is 44.0 Å². The van der Waals surface area contributed by atoms with Gasteiger partial charge in [-0.3, -0.25) is 9.88 Å². The predicted molar refractivity (Wildman–Crippen MR) is 74.0 cm³/mol. The van der Waals surface area contributed by atoms with E-state index in [0.717, 1.165) is 37.8 Å². The SMILES string of the molecule is Cc1cn(C)c(C2CN(Cc3cncs3)CCO2)n1. The van der Waals surface area contributed by atoms with Crippen molar-refractivity contribution in [1.82, 2.24) is 19.4 Å². The van der Waals surface area contributed by atoms with E-state index in [4.69, 9.17) is 4.74 Å². The van der Waals surface area contributed by atoms with Gasteiger partial charge in [0.15, 0.2) is 0 Å². The first-order valence-electron chi connectivity index (χ1n) is 6.43. The number of hydrogen-bond donors (Lipinski definition) is 0. The molecule has 1 saturated heterocycles. The summed E-state index contributed by atoms with van der Waals surface area (Å²) < 4.78 is 7.94. The van der Waals surface area contributed by atoms with E-state index in [1.54, 1.807) is 11.3 Å². The topological polar surface area (TPSA) is 43.2 Å². The molecule has 1 atom stereocenters. The number of ether oxygens (including phenoxy) is 1. The number of hydrogen-bond acceptors (Lipinski definition) is 5. The minimum Gasteiger partial charge on any atom is -0.368 e. The number of rotatable bonds is 3. The van der Waals surface area contributed by atoms with E-state index >= 15 is 0 Å². The van der Waals surface area contributed by atoms with E-state index in [0.29, 0.717) is 0 Å². The first kappa shape index (κ1) is 12.8. The maximum Gasteiger partial charge on any atom is 0.139 e. The van der Waals surface area contributed by atoms with Crippen LogP contribution in [0, 0.1) is 6.92 Å². The smallest absolute Gasteiger partial charge is 0.139 e. The molecular weight excluding hydrogens is 260 g/mol. The van der Waals surface area contributed by atoms with Crippen LogP contribution in [0.2, 0.25) is 0 Å². The molecular formula is C13H18N4OS. The number of aryl methyl sites for hydroxylation is 2. The third kappa shape index (κ3) is 2.86. The van der Waals surface area contributed by atoms with Gasteiger partial charge in [0.1, 0.15) is 11.9 Å². The van der Waals surface area contributed by atoms with Crippen molar-refractivity contribution in [2.45, 2.75) is 19.6 Å². The second-order valence-corrected chi connectivity index (χ2v) is 5.88. The summed E-state index contributed by atoms with van der Waals surface area (Å²) in [7, 11) is 2.03. The lowest BCUT2D eigenvalue weighted by Crippen LogP contribution is -2.38. The van der Waals surface area contributed by atoms with E-state index in [1.807, 2.05) is 31.9 Å². The van der Waals surface area contributed by atoms with Crippen molar-refractivity contribution in [2.24, 2.45) is 7.05 Å². The van der Waals surface area contributed by atoms with Gasteiger partial charge in [0.05, 0.1) is 17.8 Å². The molecule has 0 saturated carbocycles. The fourth-order valence-corrected chi connectivity index (χ4v) is 3.11. The number of morpholine rings is 1. The maximum absolute atomic E-state index is 5.87. The third-order valence-corrected chi connectivity index (χ3v) is 4.10. The summed E-state index contributed by atoms with van der Waals surface area (Å²) in [6.45, 7) is 5.59. The Morgan fingerprint density at radius 1 is 1.53 bits per heavy atom. The highest BCUT2D eigenvalue weighted by atomic mass is 32.1. The average Bonchev–Trinajstić information content (AvgIpc) is 2.99. The van der Waals surface area contributed by atoms with Gasteiger partial charge < -0.3 is 9.30 Å². The molecule has 2 aromatic rings. The Labute approximate surface area is 116 Å². The summed E-state index contributed by atoms with van der Waals surface area (Å²) in [6, 6.07) is 0. The molecule has 0 aliphatic carbocycles. The Bertz CT molecular complexity index is 537. The van der Waals surface area contributed by atoms with Crippen molar-refractivity contribution in [3.05, 3.63) is 34.3 Å². The molecule has 0 amide bonds. The second-order valence-electron chi connectivity index (χ2n) is 4.91. The zero-order valence-electron chi connectivity index (χ0n) is 11.2. The van der Waals surface area contributed by atoms with E-state index < -0.39 is 0 Å². The molecule has 0 radical (unpaired) electrons. The molecule has 5 nitrogen and oxygen atoms in total. The van der Waals surface area contributed by atoms with E-state index in [-0.39, 0.29) is 6.10 Å². The summed E-state index contributed by atoms with van der Waals surface area (Å²) in [6.07, 6.45) is 4.06. The van der Waals surface area contributed by atoms with Gasteiger partial charge in [-0.2, -0.15) is 0 Å². The molecule has 1 fully saturated rings. The highest BCUT2D eigenvalue weighted by Gasteiger charge is 2.25. The molecule has 6 heteroatoms. The first-order valence-corrected chi connectivity index (χ1v) is 7.31. The first-order chi connectivity index (χ1) is 9.22. The van der Waals surface area contributed by atoms with Crippen molar-refractivity contribution in [3.63, 3.8) is 0 Å². The molecule has 0 spiro atoms. The molecule has 0 aromatic carbocycles. The van der Waals surface area contributed by atoms with Crippen LogP contribution in [0.4, 0.5) is 0 Å². The zero-order valence-corrected chi connectivity index (χ0v) is 12.1. The molecule has 19 heavy (non-hydrogen) atoms. The highest BCUT2D eigenvalue weighted by Crippen LogP contribution is 2.23. The van der Waals surface area contributed by atoms with Crippen molar-refractivity contribution in [1.29, 1.82) is 0 Å². The van der Waals surface area contributed by atoms with Crippen LogP contribution in [0.25, 0.3) is 0 Å². The Hall–Kier alpha value is -1.24. The van der Waals surface area contributed by atoms with Gasteiger partial charge in [0.25, 0.3) is 0 Å². The highest BCUT2D eigenvalue weighted by molar-refractivity contribution is 7.09. The monoisotopic (exact) mass is 278 g/mol. The third-order valence-electron chi connectivity index (χ3n) is 3.33. The molecule has 0 bridgehead atoms. The number of thiazole rings is 1. The van der Waals surface area contributed by atoms with Crippen LogP contribution in [0.1, 0.15) is 22.5 Å². The van der Waals surface area contributed by atoms with Gasteiger partial charge in [-0.05, 0) is 6.92 Å². The molecule has 3 rings (SSSR count). The van der Waals surface area contributed by atoms with Gasteiger partial charge in [-0.15, -0.1) is 11.3 Å². The Balaban J connectivity index is 1.69. The average molecular weight is 278 g/mol. The van der Waals surface area contributed by atoms with Crippen molar-refractivity contribution in [2.75, 3.05) is 19.7 Å². The van der Waals surface area contributed by atoms with Crippen LogP contribution in [-0.4, -0.2) is 39.1 Å². The molecule has 2 aromatic heterocycles. The molecule has 3 heterocycles. The predicted octanol–water partition coefficient (Wildman–Crippen LogP) is 1.76. The van der Waals surface area contributed by atoms with Crippen molar-refractivity contribution in [3.8, 4) is 0 Å². The van der Waals surface area contributed by atoms with Crippen molar-refractivity contribution < 1.29 is 4.74 Å². The minimum atomic E-state index is 0.0698. The second kappa shape index (κ2) is 5.40. The standard InChI is InChI=1S/C13H18N4OS/c1-10-6-16(2)13(15-10)12-8-17(3-4-18-12)7-11-5-14-9-19-11/h5-6,9,12H,3-4,7-8H2,1-2H3. The molecule has 1 aliphatic rings. The van der Waals surface area contributed by atoms with Crippen LogP contribution < -0.4 is 0 Å². The lowest BCUT2D eigenvalue weighted by molar-refractivity contribution is -0.0381. The quantitative estimate of drug-likeness (QED) is 0.858.